The highest BCUT2D eigenvalue weighted by molar-refractivity contribution is 14.2. The van der Waals surface area contributed by atoms with E-state index in [1.807, 2.05) is 0 Å². The van der Waals surface area contributed by atoms with E-state index >= 15 is 0 Å². The van der Waals surface area contributed by atoms with Gasteiger partial charge in [-0.3, -0.25) is 0 Å². The van der Waals surface area contributed by atoms with Gasteiger partial charge in [0.1, 0.15) is 12.2 Å². The van der Waals surface area contributed by atoms with Gasteiger partial charge in [-0.15, -0.1) is 0 Å². The molecule has 0 fully saturated rings. The van der Waals surface area contributed by atoms with Crippen molar-refractivity contribution in [3.63, 3.8) is 0 Å². The van der Waals surface area contributed by atoms with Crippen molar-refractivity contribution in [3.05, 3.63) is 12.2 Å². The second-order valence-electron chi connectivity index (χ2n) is 1.90. The Balaban J connectivity index is 2.91. The lowest BCUT2D eigenvalue weighted by molar-refractivity contribution is 0.616. The predicted molar refractivity (Wildman–Crippen MR) is 51.1 cm³/mol. The summed E-state index contributed by atoms with van der Waals surface area (Å²) in [6.07, 6.45) is 1.24. The molecule has 0 unspecified atom stereocenters. The van der Waals surface area contributed by atoms with Gasteiger partial charge in [0.05, 0.1) is 21.2 Å². The maximum atomic E-state index is 10.7. The normalized spacial score (nSPS) is 11.2. The highest BCUT2D eigenvalue weighted by atomic mass is 127. The summed E-state index contributed by atoms with van der Waals surface area (Å²) in [5.74, 6) is 0.504. The fourth-order valence-electron chi connectivity index (χ4n) is 0.536. The number of anilines is 1. The first-order valence-electron chi connectivity index (χ1n) is 2.85. The van der Waals surface area contributed by atoms with Gasteiger partial charge < -0.3 is 0 Å². The van der Waals surface area contributed by atoms with E-state index in [0.29, 0.717) is 5.82 Å². The molecule has 0 radical (unpaired) electrons. The van der Waals surface area contributed by atoms with Crippen molar-refractivity contribution in [3.8, 4) is 0 Å². The van der Waals surface area contributed by atoms with Gasteiger partial charge in [0.15, 0.2) is 0 Å². The minimum atomic E-state index is -3.33. The van der Waals surface area contributed by atoms with Gasteiger partial charge in [-0.25, -0.2) is 14.7 Å². The minimum Gasteiger partial charge on any atom is -0.243 e. The molecule has 0 atom stereocenters. The largest absolute Gasteiger partial charge is 0.288 e. The van der Waals surface area contributed by atoms with Gasteiger partial charge in [-0.05, 0) is 6.92 Å². The summed E-state index contributed by atoms with van der Waals surface area (Å²) in [6.45, 7) is 1.65. The number of hydrogen-bond donors (Lipinski definition) is 1. The lowest BCUT2D eigenvalue weighted by atomic mass is 10.7. The molecule has 0 aromatic carbocycles. The Kier molecular flexibility index (Phi) is 2.77. The van der Waals surface area contributed by atoms with Crippen molar-refractivity contribution in [2.45, 2.75) is 6.92 Å². The van der Waals surface area contributed by atoms with Crippen LogP contribution < -0.4 is 4.72 Å². The Morgan fingerprint density at radius 3 is 2.67 bits per heavy atom. The third-order valence-electron chi connectivity index (χ3n) is 0.905. The van der Waals surface area contributed by atoms with Gasteiger partial charge in [-0.2, -0.15) is 13.4 Å². The van der Waals surface area contributed by atoms with E-state index in [9.17, 15) is 8.42 Å². The van der Waals surface area contributed by atoms with Crippen LogP contribution in [0, 0.1) is 6.92 Å². The van der Waals surface area contributed by atoms with Crippen molar-refractivity contribution in [1.29, 1.82) is 0 Å². The standard InChI is InChI=1S/C4H5IN4O2S/c1-3-6-2-7-4(8-3)9-12(5,10)11/h2H,1H3,(H,6,7,8,9). The SMILES string of the molecule is Cc1ncnc(NS(=O)(=O)I)n1. The average molecular weight is 300 g/mol. The molecule has 12 heavy (non-hydrogen) atoms. The summed E-state index contributed by atoms with van der Waals surface area (Å²) in [5.41, 5.74) is 0. The molecule has 6 nitrogen and oxygen atoms in total. The zero-order valence-corrected chi connectivity index (χ0v) is 9.00. The van der Waals surface area contributed by atoms with Crippen LogP contribution >= 0.6 is 21.2 Å². The van der Waals surface area contributed by atoms with E-state index in [1.54, 1.807) is 6.92 Å². The average Bonchev–Trinajstić information content (AvgIpc) is 1.82. The Morgan fingerprint density at radius 2 is 2.17 bits per heavy atom. The first-order chi connectivity index (χ1) is 5.47. The highest BCUT2D eigenvalue weighted by Gasteiger charge is 2.05. The second kappa shape index (κ2) is 3.47. The van der Waals surface area contributed by atoms with Gasteiger partial charge in [-0.1, -0.05) is 0 Å². The molecule has 1 rings (SSSR count). The molecule has 0 aliphatic rings. The Bertz CT molecular complexity index is 378. The Morgan fingerprint density at radius 1 is 1.50 bits per heavy atom. The summed E-state index contributed by atoms with van der Waals surface area (Å²) < 4.78 is 23.5. The van der Waals surface area contributed by atoms with E-state index in [2.05, 4.69) is 19.7 Å². The number of halogens is 1. The zero-order chi connectivity index (χ0) is 9.19. The van der Waals surface area contributed by atoms with E-state index in [0.717, 1.165) is 0 Å². The second-order valence-corrected chi connectivity index (χ2v) is 6.45. The molecule has 0 saturated heterocycles. The fourth-order valence-corrected chi connectivity index (χ4v) is 1.44. The van der Waals surface area contributed by atoms with Crippen LogP contribution in [0.1, 0.15) is 5.82 Å². The number of nitrogens with zero attached hydrogens (tertiary/aromatic N) is 3. The van der Waals surface area contributed by atoms with E-state index in [1.165, 1.54) is 27.5 Å². The van der Waals surface area contributed by atoms with Gasteiger partial charge in [0.25, 0.3) is 7.19 Å². The van der Waals surface area contributed by atoms with E-state index < -0.39 is 7.19 Å². The highest BCUT2D eigenvalue weighted by Crippen LogP contribution is 2.05. The predicted octanol–water partition coefficient (Wildman–Crippen LogP) is 0.272. The summed E-state index contributed by atoms with van der Waals surface area (Å²) in [6, 6.07) is 0. The maximum Gasteiger partial charge on any atom is 0.288 e. The molecule has 0 saturated carbocycles. The van der Waals surface area contributed by atoms with Crippen molar-refractivity contribution in [2.24, 2.45) is 0 Å². The van der Waals surface area contributed by atoms with Crippen LogP contribution in [0.2, 0.25) is 0 Å². The molecule has 66 valence electrons. The summed E-state index contributed by atoms with van der Waals surface area (Å²) in [4.78, 5) is 11.1. The van der Waals surface area contributed by atoms with Gasteiger partial charge in [0, 0.05) is 0 Å². The van der Waals surface area contributed by atoms with Crippen molar-refractivity contribution < 1.29 is 8.42 Å². The molecule has 8 heteroatoms. The third kappa shape index (κ3) is 3.26. The number of rotatable bonds is 2. The topological polar surface area (TPSA) is 84.8 Å². The quantitative estimate of drug-likeness (QED) is 0.626. The number of aryl methyl sites for hydroxylation is 1. The molecule has 1 aromatic heterocycles. The molecular weight excluding hydrogens is 295 g/mol. The molecule has 1 aromatic rings. The van der Waals surface area contributed by atoms with Crippen LogP contribution in [0.4, 0.5) is 5.95 Å². The zero-order valence-electron chi connectivity index (χ0n) is 6.02. The van der Waals surface area contributed by atoms with Gasteiger partial charge in [0.2, 0.25) is 5.95 Å². The van der Waals surface area contributed by atoms with E-state index in [4.69, 9.17) is 0 Å². The van der Waals surface area contributed by atoms with Crippen LogP contribution in [0.5, 0.6) is 0 Å². The lowest BCUT2D eigenvalue weighted by Gasteiger charge is -1.98. The smallest absolute Gasteiger partial charge is 0.243 e. The summed E-state index contributed by atoms with van der Waals surface area (Å²) >= 11 is 1.25. The summed E-state index contributed by atoms with van der Waals surface area (Å²) in [5, 5.41) is 0. The Hall–Kier alpha value is -0.510. The fraction of sp³-hybridized carbons (Fsp3) is 0.250. The molecule has 1 heterocycles. The van der Waals surface area contributed by atoms with Crippen molar-refractivity contribution in [2.75, 3.05) is 4.72 Å². The van der Waals surface area contributed by atoms with Crippen LogP contribution in [-0.2, 0) is 7.19 Å². The monoisotopic (exact) mass is 300 g/mol. The first kappa shape index (κ1) is 9.58. The molecule has 0 aliphatic carbocycles. The number of hydrogen-bond acceptors (Lipinski definition) is 5. The number of nitrogens with one attached hydrogen (secondary N) is 1. The lowest BCUT2D eigenvalue weighted by Crippen LogP contribution is -2.08. The molecule has 0 aliphatic heterocycles. The van der Waals surface area contributed by atoms with Crippen molar-refractivity contribution in [1.82, 2.24) is 15.0 Å². The summed E-state index contributed by atoms with van der Waals surface area (Å²) in [7, 11) is -3.33. The van der Waals surface area contributed by atoms with Crippen LogP contribution in [-0.4, -0.2) is 23.4 Å². The maximum absolute atomic E-state index is 10.7. The Labute approximate surface area is 81.5 Å². The molecule has 1 N–H and O–H groups in total. The van der Waals surface area contributed by atoms with Gasteiger partial charge >= 0.3 is 0 Å². The van der Waals surface area contributed by atoms with Crippen LogP contribution in [0.3, 0.4) is 0 Å². The minimum absolute atomic E-state index is 0.0388. The molecule has 0 spiro atoms. The van der Waals surface area contributed by atoms with Crippen molar-refractivity contribution >= 4 is 34.3 Å². The third-order valence-corrected chi connectivity index (χ3v) is 1.99. The molecule has 0 amide bonds. The first-order valence-corrected chi connectivity index (χ1v) is 6.88. The van der Waals surface area contributed by atoms with Crippen LogP contribution in [0.25, 0.3) is 0 Å². The molecule has 0 bridgehead atoms. The van der Waals surface area contributed by atoms with Crippen LogP contribution in [0.15, 0.2) is 6.33 Å². The van der Waals surface area contributed by atoms with E-state index in [-0.39, 0.29) is 5.95 Å². The molecular formula is C4H5IN4O2S. The number of aromatic nitrogens is 3.